The van der Waals surface area contributed by atoms with Crippen LogP contribution in [0.3, 0.4) is 0 Å². The van der Waals surface area contributed by atoms with Crippen molar-refractivity contribution in [2.24, 2.45) is 4.99 Å². The molecule has 2 fully saturated rings. The summed E-state index contributed by atoms with van der Waals surface area (Å²) in [6.07, 6.45) is 6.77. The number of likely N-dealkylation sites (tertiary alicyclic amines) is 1. The summed E-state index contributed by atoms with van der Waals surface area (Å²) in [5.74, 6) is 0.922. The molecule has 1 aliphatic heterocycles. The fraction of sp³-hybridized carbons (Fsp3) is 0.944. The van der Waals surface area contributed by atoms with E-state index in [1.54, 1.807) is 0 Å². The van der Waals surface area contributed by atoms with E-state index in [4.69, 9.17) is 0 Å². The summed E-state index contributed by atoms with van der Waals surface area (Å²) in [5, 5.41) is 7.01. The molecule has 1 unspecified atom stereocenters. The Morgan fingerprint density at radius 3 is 2.38 bits per heavy atom. The highest BCUT2D eigenvalue weighted by Crippen LogP contribution is 2.26. The number of rotatable bonds is 7. The molecule has 0 bridgehead atoms. The van der Waals surface area contributed by atoms with Crippen molar-refractivity contribution in [2.75, 3.05) is 40.3 Å². The van der Waals surface area contributed by atoms with Gasteiger partial charge in [0.25, 0.3) is 0 Å². The first-order valence-corrected chi connectivity index (χ1v) is 9.35. The predicted molar refractivity (Wildman–Crippen MR) is 115 cm³/mol. The van der Waals surface area contributed by atoms with Crippen molar-refractivity contribution in [1.29, 1.82) is 0 Å². The second-order valence-corrected chi connectivity index (χ2v) is 7.91. The predicted octanol–water partition coefficient (Wildman–Crippen LogP) is 2.52. The third kappa shape index (κ3) is 6.67. The molecule has 6 heteroatoms. The van der Waals surface area contributed by atoms with Crippen molar-refractivity contribution in [3.05, 3.63) is 0 Å². The number of nitrogens with one attached hydrogen (secondary N) is 2. The van der Waals surface area contributed by atoms with Crippen LogP contribution in [0, 0.1) is 0 Å². The fourth-order valence-electron chi connectivity index (χ4n) is 3.36. The number of hydrogen-bond donors (Lipinski definition) is 2. The van der Waals surface area contributed by atoms with Gasteiger partial charge in [0, 0.05) is 37.8 Å². The van der Waals surface area contributed by atoms with Gasteiger partial charge in [0.15, 0.2) is 5.96 Å². The molecule has 5 nitrogen and oxygen atoms in total. The van der Waals surface area contributed by atoms with E-state index in [1.807, 2.05) is 7.05 Å². The van der Waals surface area contributed by atoms with E-state index in [9.17, 15) is 0 Å². The Morgan fingerprint density at radius 2 is 1.83 bits per heavy atom. The number of hydrogen-bond acceptors (Lipinski definition) is 3. The lowest BCUT2D eigenvalue weighted by Gasteiger charge is -2.41. The summed E-state index contributed by atoms with van der Waals surface area (Å²) in [6, 6.07) is 1.34. The van der Waals surface area contributed by atoms with E-state index >= 15 is 0 Å². The highest BCUT2D eigenvalue weighted by atomic mass is 127. The number of piperidine rings is 1. The number of nitrogens with zero attached hydrogens (tertiary/aromatic N) is 3. The Morgan fingerprint density at radius 1 is 1.21 bits per heavy atom. The minimum Gasteiger partial charge on any atom is -0.355 e. The Bertz CT molecular complexity index is 389. The molecule has 2 aliphatic rings. The van der Waals surface area contributed by atoms with Crippen LogP contribution in [0.15, 0.2) is 4.99 Å². The molecule has 1 saturated heterocycles. The smallest absolute Gasteiger partial charge is 0.191 e. The van der Waals surface area contributed by atoms with Crippen molar-refractivity contribution in [2.45, 2.75) is 70.5 Å². The molecule has 0 radical (unpaired) electrons. The van der Waals surface area contributed by atoms with Gasteiger partial charge in [0.05, 0.1) is 0 Å². The van der Waals surface area contributed by atoms with Gasteiger partial charge in [0.2, 0.25) is 0 Å². The minimum absolute atomic E-state index is 0. The van der Waals surface area contributed by atoms with Gasteiger partial charge in [-0.05, 0) is 66.6 Å². The molecular weight excluding hydrogens is 413 g/mol. The van der Waals surface area contributed by atoms with Crippen LogP contribution in [-0.4, -0.2) is 73.7 Å². The summed E-state index contributed by atoms with van der Waals surface area (Å²) >= 11 is 0. The molecule has 0 amide bonds. The van der Waals surface area contributed by atoms with Gasteiger partial charge in [-0.25, -0.2) is 0 Å². The highest BCUT2D eigenvalue weighted by molar-refractivity contribution is 14.0. The third-order valence-corrected chi connectivity index (χ3v) is 5.51. The van der Waals surface area contributed by atoms with Crippen LogP contribution in [0.2, 0.25) is 0 Å². The summed E-state index contributed by atoms with van der Waals surface area (Å²) in [6.45, 7) is 11.3. The quantitative estimate of drug-likeness (QED) is 0.355. The van der Waals surface area contributed by atoms with Crippen LogP contribution in [-0.2, 0) is 0 Å². The molecular formula is C18H38IN5. The van der Waals surface area contributed by atoms with E-state index in [0.29, 0.717) is 6.04 Å². The standard InChI is InChI=1S/C18H37N5.HI/c1-15(22(5)16-9-10-16)13-20-17(19-4)21-14-18(2,3)23-11-7-6-8-12-23;/h15-16H,6-14H2,1-5H3,(H2,19,20,21);1H. The first kappa shape index (κ1) is 22.0. The molecule has 0 spiro atoms. The summed E-state index contributed by atoms with van der Waals surface area (Å²) < 4.78 is 0. The zero-order valence-electron chi connectivity index (χ0n) is 16.3. The van der Waals surface area contributed by atoms with E-state index in [0.717, 1.165) is 25.1 Å². The Labute approximate surface area is 166 Å². The van der Waals surface area contributed by atoms with Crippen molar-refractivity contribution in [3.8, 4) is 0 Å². The second kappa shape index (κ2) is 10.2. The van der Waals surface area contributed by atoms with Crippen LogP contribution in [0.25, 0.3) is 0 Å². The van der Waals surface area contributed by atoms with Crippen LogP contribution < -0.4 is 10.6 Å². The van der Waals surface area contributed by atoms with Crippen LogP contribution in [0.5, 0.6) is 0 Å². The average Bonchev–Trinajstić information content (AvgIpc) is 3.39. The Hall–Kier alpha value is -0.0800. The maximum atomic E-state index is 4.39. The molecule has 0 aromatic carbocycles. The first-order valence-electron chi connectivity index (χ1n) is 9.35. The largest absolute Gasteiger partial charge is 0.355 e. The monoisotopic (exact) mass is 451 g/mol. The molecule has 1 heterocycles. The first-order chi connectivity index (χ1) is 10.9. The van der Waals surface area contributed by atoms with E-state index in [-0.39, 0.29) is 29.5 Å². The van der Waals surface area contributed by atoms with Crippen LogP contribution in [0.4, 0.5) is 0 Å². The van der Waals surface area contributed by atoms with E-state index in [2.05, 4.69) is 53.2 Å². The second-order valence-electron chi connectivity index (χ2n) is 7.91. The lowest BCUT2D eigenvalue weighted by molar-refractivity contribution is 0.0982. The summed E-state index contributed by atoms with van der Waals surface area (Å²) in [7, 11) is 4.10. The molecule has 0 aromatic heterocycles. The normalized spacial score (nSPS) is 21.3. The fourth-order valence-corrected chi connectivity index (χ4v) is 3.36. The van der Waals surface area contributed by atoms with Gasteiger partial charge in [-0.15, -0.1) is 24.0 Å². The van der Waals surface area contributed by atoms with Crippen molar-refractivity contribution in [1.82, 2.24) is 20.4 Å². The molecule has 24 heavy (non-hydrogen) atoms. The molecule has 1 atom stereocenters. The Kier molecular flexibility index (Phi) is 9.30. The molecule has 1 aliphatic carbocycles. The highest BCUT2D eigenvalue weighted by Gasteiger charge is 2.30. The minimum atomic E-state index is 0. The van der Waals surface area contributed by atoms with Gasteiger partial charge in [-0.1, -0.05) is 6.42 Å². The topological polar surface area (TPSA) is 42.9 Å². The zero-order chi connectivity index (χ0) is 16.9. The van der Waals surface area contributed by atoms with Crippen LogP contribution >= 0.6 is 24.0 Å². The number of halogens is 1. The molecule has 2 N–H and O–H groups in total. The molecule has 0 aromatic rings. The SMILES string of the molecule is CN=C(NCC(C)N(C)C1CC1)NCC(C)(C)N1CCCCC1.I. The number of aliphatic imine (C=N–C) groups is 1. The van der Waals surface area contributed by atoms with Gasteiger partial charge in [-0.3, -0.25) is 14.8 Å². The lowest BCUT2D eigenvalue weighted by atomic mass is 9.98. The number of likely N-dealkylation sites (N-methyl/N-ethyl adjacent to an activating group) is 1. The zero-order valence-corrected chi connectivity index (χ0v) is 18.6. The maximum Gasteiger partial charge on any atom is 0.191 e. The average molecular weight is 451 g/mol. The lowest BCUT2D eigenvalue weighted by Crippen LogP contribution is -2.55. The Balaban J connectivity index is 0.00000288. The van der Waals surface area contributed by atoms with Gasteiger partial charge in [-0.2, -0.15) is 0 Å². The summed E-state index contributed by atoms with van der Waals surface area (Å²) in [5.41, 5.74) is 0.175. The summed E-state index contributed by atoms with van der Waals surface area (Å²) in [4.78, 5) is 9.48. The van der Waals surface area contributed by atoms with Crippen molar-refractivity contribution in [3.63, 3.8) is 0 Å². The maximum absolute atomic E-state index is 4.39. The molecule has 142 valence electrons. The van der Waals surface area contributed by atoms with Gasteiger partial charge >= 0.3 is 0 Å². The van der Waals surface area contributed by atoms with E-state index in [1.165, 1.54) is 45.2 Å². The molecule has 1 saturated carbocycles. The van der Waals surface area contributed by atoms with Crippen molar-refractivity contribution >= 4 is 29.9 Å². The molecule has 2 rings (SSSR count). The third-order valence-electron chi connectivity index (χ3n) is 5.51. The van der Waals surface area contributed by atoms with Gasteiger partial charge in [0.1, 0.15) is 0 Å². The van der Waals surface area contributed by atoms with Crippen LogP contribution in [0.1, 0.15) is 52.9 Å². The van der Waals surface area contributed by atoms with Crippen molar-refractivity contribution < 1.29 is 0 Å². The van der Waals surface area contributed by atoms with Gasteiger partial charge < -0.3 is 10.6 Å². The van der Waals surface area contributed by atoms with E-state index < -0.39 is 0 Å². The number of guanidine groups is 1.